The summed E-state index contributed by atoms with van der Waals surface area (Å²) in [7, 11) is 0. The minimum absolute atomic E-state index is 0.0286. The molecule has 3 rings (SSSR count). The van der Waals surface area contributed by atoms with Crippen molar-refractivity contribution in [2.45, 2.75) is 6.92 Å². The number of fused-ring (bicyclic) bond motifs is 1. The van der Waals surface area contributed by atoms with Crippen LogP contribution in [-0.2, 0) is 0 Å². The second-order valence-electron chi connectivity index (χ2n) is 4.18. The number of aliphatic hydroxyl groups excluding tert-OH is 1. The molecule has 0 atom stereocenters. The molecule has 0 amide bonds. The standard InChI is InChI=1S/C14H10N2O3S/c1-8(17)10(5-15)14-16-11(6-20-14)9-2-3-12-13(4-9)19-7-18-12/h2-4,6,17H,7H2,1H3/b10-8-. The minimum atomic E-state index is -0.0286. The van der Waals surface area contributed by atoms with E-state index in [4.69, 9.17) is 14.7 Å². The van der Waals surface area contributed by atoms with Gasteiger partial charge in [-0.1, -0.05) is 0 Å². The maximum absolute atomic E-state index is 9.46. The highest BCUT2D eigenvalue weighted by atomic mass is 32.1. The molecule has 1 aliphatic rings. The van der Waals surface area contributed by atoms with Gasteiger partial charge in [0.2, 0.25) is 6.79 Å². The molecule has 100 valence electrons. The molecular formula is C14H10N2O3S. The Labute approximate surface area is 119 Å². The Kier molecular flexibility index (Phi) is 3.05. The minimum Gasteiger partial charge on any atom is -0.511 e. The van der Waals surface area contributed by atoms with E-state index in [1.54, 1.807) is 0 Å². The first-order valence-electron chi connectivity index (χ1n) is 5.85. The smallest absolute Gasteiger partial charge is 0.231 e. The normalized spacial score (nSPS) is 13.8. The van der Waals surface area contributed by atoms with E-state index >= 15 is 0 Å². The molecule has 5 nitrogen and oxygen atoms in total. The van der Waals surface area contributed by atoms with E-state index in [2.05, 4.69) is 4.98 Å². The SMILES string of the molecule is C/C(O)=C(\C#N)c1nc(-c2ccc3c(c2)OCO3)cs1. The molecule has 0 bridgehead atoms. The fraction of sp³-hybridized carbons (Fsp3) is 0.143. The van der Waals surface area contributed by atoms with E-state index in [0.29, 0.717) is 16.5 Å². The molecule has 2 heterocycles. The highest BCUT2D eigenvalue weighted by Crippen LogP contribution is 2.36. The van der Waals surface area contributed by atoms with Gasteiger partial charge in [-0.15, -0.1) is 11.3 Å². The van der Waals surface area contributed by atoms with Crippen molar-refractivity contribution in [3.8, 4) is 28.8 Å². The van der Waals surface area contributed by atoms with Gasteiger partial charge in [0.1, 0.15) is 22.4 Å². The van der Waals surface area contributed by atoms with Crippen molar-refractivity contribution < 1.29 is 14.6 Å². The van der Waals surface area contributed by atoms with Crippen LogP contribution in [0.4, 0.5) is 0 Å². The van der Waals surface area contributed by atoms with Gasteiger partial charge >= 0.3 is 0 Å². The Morgan fingerprint density at radius 1 is 1.40 bits per heavy atom. The Bertz CT molecular complexity index is 739. The quantitative estimate of drug-likeness (QED) is 0.676. The third-order valence-corrected chi connectivity index (χ3v) is 3.72. The van der Waals surface area contributed by atoms with E-state index in [1.807, 2.05) is 29.6 Å². The zero-order chi connectivity index (χ0) is 14.1. The van der Waals surface area contributed by atoms with Gasteiger partial charge in [-0.2, -0.15) is 5.26 Å². The maximum atomic E-state index is 9.46. The molecule has 1 aromatic carbocycles. The average molecular weight is 286 g/mol. The second kappa shape index (κ2) is 4.87. The first-order chi connectivity index (χ1) is 9.69. The molecule has 0 fully saturated rings. The number of hydrogen-bond donors (Lipinski definition) is 1. The monoisotopic (exact) mass is 286 g/mol. The second-order valence-corrected chi connectivity index (χ2v) is 5.04. The highest BCUT2D eigenvalue weighted by Gasteiger charge is 2.16. The van der Waals surface area contributed by atoms with E-state index in [-0.39, 0.29) is 18.1 Å². The molecule has 0 radical (unpaired) electrons. The van der Waals surface area contributed by atoms with E-state index < -0.39 is 0 Å². The summed E-state index contributed by atoms with van der Waals surface area (Å²) >= 11 is 1.32. The lowest BCUT2D eigenvalue weighted by Crippen LogP contribution is -1.92. The van der Waals surface area contributed by atoms with E-state index in [1.165, 1.54) is 18.3 Å². The summed E-state index contributed by atoms with van der Waals surface area (Å²) in [5.74, 6) is 1.37. The number of nitriles is 1. The summed E-state index contributed by atoms with van der Waals surface area (Å²) in [6, 6.07) is 7.52. The van der Waals surface area contributed by atoms with Gasteiger partial charge < -0.3 is 14.6 Å². The van der Waals surface area contributed by atoms with Crippen molar-refractivity contribution in [1.82, 2.24) is 4.98 Å². The van der Waals surface area contributed by atoms with Gasteiger partial charge in [0.25, 0.3) is 0 Å². The summed E-state index contributed by atoms with van der Waals surface area (Å²) in [5.41, 5.74) is 1.81. The lowest BCUT2D eigenvalue weighted by Gasteiger charge is -1.99. The van der Waals surface area contributed by atoms with Gasteiger partial charge in [-0.25, -0.2) is 4.98 Å². The first-order valence-corrected chi connectivity index (χ1v) is 6.73. The first kappa shape index (κ1) is 12.5. The number of benzene rings is 1. The van der Waals surface area contributed by atoms with Crippen LogP contribution in [-0.4, -0.2) is 16.9 Å². The maximum Gasteiger partial charge on any atom is 0.231 e. The summed E-state index contributed by atoms with van der Waals surface area (Å²) in [6.07, 6.45) is 0. The fourth-order valence-electron chi connectivity index (χ4n) is 1.86. The van der Waals surface area contributed by atoms with E-state index in [9.17, 15) is 5.11 Å². The molecule has 1 aromatic heterocycles. The van der Waals surface area contributed by atoms with E-state index in [0.717, 1.165) is 11.3 Å². The van der Waals surface area contributed by atoms with Crippen molar-refractivity contribution in [3.05, 3.63) is 34.3 Å². The van der Waals surface area contributed by atoms with Crippen LogP contribution < -0.4 is 9.47 Å². The molecule has 6 heteroatoms. The van der Waals surface area contributed by atoms with Crippen LogP contribution >= 0.6 is 11.3 Å². The molecule has 1 aliphatic heterocycles. The summed E-state index contributed by atoms with van der Waals surface area (Å²) in [6.45, 7) is 1.70. The topological polar surface area (TPSA) is 75.4 Å². The fourth-order valence-corrected chi connectivity index (χ4v) is 2.73. The molecular weight excluding hydrogens is 276 g/mol. The van der Waals surface area contributed by atoms with Crippen LogP contribution in [0, 0.1) is 11.3 Å². The molecule has 0 spiro atoms. The zero-order valence-corrected chi connectivity index (χ0v) is 11.4. The molecule has 20 heavy (non-hydrogen) atoms. The Hall–Kier alpha value is -2.52. The lowest BCUT2D eigenvalue weighted by molar-refractivity contribution is 0.174. The third kappa shape index (κ3) is 2.08. The number of aliphatic hydroxyl groups is 1. The van der Waals surface area contributed by atoms with Gasteiger partial charge in [0.15, 0.2) is 11.5 Å². The highest BCUT2D eigenvalue weighted by molar-refractivity contribution is 7.11. The number of thiazole rings is 1. The molecule has 0 unspecified atom stereocenters. The van der Waals surface area contributed by atoms with Crippen molar-refractivity contribution in [2.75, 3.05) is 6.79 Å². The molecule has 0 saturated heterocycles. The van der Waals surface area contributed by atoms with Crippen molar-refractivity contribution in [2.24, 2.45) is 0 Å². The Morgan fingerprint density at radius 3 is 2.95 bits per heavy atom. The number of allylic oxidation sites excluding steroid dienone is 2. The largest absolute Gasteiger partial charge is 0.511 e. The van der Waals surface area contributed by atoms with Crippen LogP contribution in [0.3, 0.4) is 0 Å². The van der Waals surface area contributed by atoms with Gasteiger partial charge in [-0.3, -0.25) is 0 Å². The number of nitrogens with zero attached hydrogens (tertiary/aromatic N) is 2. The molecule has 2 aromatic rings. The number of ether oxygens (including phenoxy) is 2. The molecule has 0 aliphatic carbocycles. The van der Waals surface area contributed by atoms with Crippen LogP contribution in [0.25, 0.3) is 16.8 Å². The summed E-state index contributed by atoms with van der Waals surface area (Å²) in [4.78, 5) is 4.38. The predicted molar refractivity (Wildman–Crippen MR) is 74.5 cm³/mol. The molecule has 1 N–H and O–H groups in total. The van der Waals surface area contributed by atoms with Crippen molar-refractivity contribution in [3.63, 3.8) is 0 Å². The number of hydrogen-bond acceptors (Lipinski definition) is 6. The van der Waals surface area contributed by atoms with Crippen LogP contribution in [0.2, 0.25) is 0 Å². The average Bonchev–Trinajstić information content (AvgIpc) is 3.06. The number of rotatable bonds is 2. The number of aromatic nitrogens is 1. The Balaban J connectivity index is 1.99. The summed E-state index contributed by atoms with van der Waals surface area (Å²) in [5, 5.41) is 20.8. The predicted octanol–water partition coefficient (Wildman–Crippen LogP) is 3.35. The van der Waals surface area contributed by atoms with Crippen molar-refractivity contribution >= 4 is 16.9 Å². The molecule has 0 saturated carbocycles. The van der Waals surface area contributed by atoms with Gasteiger partial charge in [0, 0.05) is 10.9 Å². The Morgan fingerprint density at radius 2 is 2.20 bits per heavy atom. The lowest BCUT2D eigenvalue weighted by atomic mass is 10.1. The summed E-state index contributed by atoms with van der Waals surface area (Å²) < 4.78 is 10.6. The van der Waals surface area contributed by atoms with Crippen LogP contribution in [0.1, 0.15) is 11.9 Å². The van der Waals surface area contributed by atoms with Crippen LogP contribution in [0.15, 0.2) is 29.3 Å². The van der Waals surface area contributed by atoms with Crippen molar-refractivity contribution in [1.29, 1.82) is 5.26 Å². The third-order valence-electron chi connectivity index (χ3n) is 2.86. The zero-order valence-electron chi connectivity index (χ0n) is 10.6. The van der Waals surface area contributed by atoms with Gasteiger partial charge in [0.05, 0.1) is 5.69 Å². The van der Waals surface area contributed by atoms with Crippen LogP contribution in [0.5, 0.6) is 11.5 Å². The van der Waals surface area contributed by atoms with Gasteiger partial charge in [-0.05, 0) is 25.1 Å².